The van der Waals surface area contributed by atoms with Crippen molar-refractivity contribution in [2.75, 3.05) is 18.1 Å². The summed E-state index contributed by atoms with van der Waals surface area (Å²) in [4.78, 5) is 26.8. The van der Waals surface area contributed by atoms with Gasteiger partial charge in [-0.25, -0.2) is 0 Å². The molecule has 142 valence electrons. The number of para-hydroxylation sites is 2. The summed E-state index contributed by atoms with van der Waals surface area (Å²) >= 11 is 0. The lowest BCUT2D eigenvalue weighted by atomic mass is 10.1. The minimum atomic E-state index is -0.506. The fourth-order valence-electron chi connectivity index (χ4n) is 3.49. The largest absolute Gasteiger partial charge is 0.492 e. The minimum Gasteiger partial charge on any atom is -0.492 e. The number of amides is 1. The maximum atomic E-state index is 12.7. The minimum absolute atomic E-state index is 0.104. The number of ether oxygens (including phenoxy) is 2. The maximum Gasteiger partial charge on any atom is 0.316 e. The molecule has 0 aliphatic carbocycles. The average Bonchev–Trinajstić information content (AvgIpc) is 3.10. The Morgan fingerprint density at radius 1 is 1.04 bits per heavy atom. The topological polar surface area (TPSA) is 55.8 Å². The van der Waals surface area contributed by atoms with Gasteiger partial charge in [0.05, 0.1) is 18.2 Å². The average molecular weight is 375 g/mol. The van der Waals surface area contributed by atoms with Gasteiger partial charge in [-0.3, -0.25) is 9.59 Å². The predicted molar refractivity (Wildman–Crippen MR) is 108 cm³/mol. The molecule has 3 aromatic rings. The SMILES string of the molecule is CCOc1ccccc1N1C[C@@H](C(=O)Oc2ccc3ccccc3c2)CC1=O. The van der Waals surface area contributed by atoms with Gasteiger partial charge in [0.2, 0.25) is 5.91 Å². The number of carbonyl (C=O) groups excluding carboxylic acids is 2. The zero-order chi connectivity index (χ0) is 19.5. The highest BCUT2D eigenvalue weighted by molar-refractivity contribution is 6.00. The van der Waals surface area contributed by atoms with Gasteiger partial charge >= 0.3 is 5.97 Å². The fourth-order valence-corrected chi connectivity index (χ4v) is 3.49. The number of rotatable bonds is 5. The van der Waals surface area contributed by atoms with E-state index in [4.69, 9.17) is 9.47 Å². The first-order valence-electron chi connectivity index (χ1n) is 9.38. The quantitative estimate of drug-likeness (QED) is 0.495. The first-order chi connectivity index (χ1) is 13.7. The smallest absolute Gasteiger partial charge is 0.316 e. The summed E-state index contributed by atoms with van der Waals surface area (Å²) in [6.07, 6.45) is 0.132. The molecule has 1 atom stereocenters. The van der Waals surface area contributed by atoms with Gasteiger partial charge in [0, 0.05) is 13.0 Å². The molecule has 3 aromatic carbocycles. The van der Waals surface area contributed by atoms with Gasteiger partial charge in [0.25, 0.3) is 0 Å². The summed E-state index contributed by atoms with van der Waals surface area (Å²) in [5, 5.41) is 2.08. The van der Waals surface area contributed by atoms with Crippen molar-refractivity contribution in [3.8, 4) is 11.5 Å². The number of fused-ring (bicyclic) bond motifs is 1. The van der Waals surface area contributed by atoms with E-state index in [-0.39, 0.29) is 24.8 Å². The van der Waals surface area contributed by atoms with Crippen molar-refractivity contribution in [3.63, 3.8) is 0 Å². The summed E-state index contributed by atoms with van der Waals surface area (Å²) in [5.74, 6) is 0.132. The Bertz CT molecular complexity index is 1030. The van der Waals surface area contributed by atoms with Crippen LogP contribution in [0.5, 0.6) is 11.5 Å². The number of esters is 1. The van der Waals surface area contributed by atoms with Crippen LogP contribution in [0.3, 0.4) is 0 Å². The van der Waals surface area contributed by atoms with E-state index in [1.165, 1.54) is 0 Å². The second-order valence-electron chi connectivity index (χ2n) is 6.74. The number of anilines is 1. The second-order valence-corrected chi connectivity index (χ2v) is 6.74. The number of nitrogens with zero attached hydrogens (tertiary/aromatic N) is 1. The van der Waals surface area contributed by atoms with Crippen LogP contribution in [0, 0.1) is 5.92 Å². The Labute approximate surface area is 163 Å². The van der Waals surface area contributed by atoms with Crippen molar-refractivity contribution in [2.24, 2.45) is 5.92 Å². The summed E-state index contributed by atoms with van der Waals surface area (Å²) < 4.78 is 11.2. The molecule has 1 aliphatic rings. The van der Waals surface area contributed by atoms with E-state index in [1.807, 2.05) is 67.6 Å². The first kappa shape index (κ1) is 18.0. The van der Waals surface area contributed by atoms with Crippen LogP contribution in [-0.4, -0.2) is 25.0 Å². The molecule has 5 nitrogen and oxygen atoms in total. The van der Waals surface area contributed by atoms with Crippen LogP contribution >= 0.6 is 0 Å². The molecule has 0 radical (unpaired) electrons. The molecule has 1 amide bonds. The van der Waals surface area contributed by atoms with Crippen molar-refractivity contribution in [2.45, 2.75) is 13.3 Å². The Kier molecular flexibility index (Phi) is 4.98. The van der Waals surface area contributed by atoms with Crippen LogP contribution in [-0.2, 0) is 9.59 Å². The van der Waals surface area contributed by atoms with Gasteiger partial charge in [-0.15, -0.1) is 0 Å². The van der Waals surface area contributed by atoms with Gasteiger partial charge in [-0.1, -0.05) is 42.5 Å². The van der Waals surface area contributed by atoms with E-state index in [1.54, 1.807) is 11.0 Å². The van der Waals surface area contributed by atoms with Crippen molar-refractivity contribution in [3.05, 3.63) is 66.7 Å². The van der Waals surface area contributed by atoms with E-state index in [2.05, 4.69) is 0 Å². The van der Waals surface area contributed by atoms with E-state index in [0.717, 1.165) is 10.8 Å². The Balaban J connectivity index is 1.49. The van der Waals surface area contributed by atoms with Crippen LogP contribution in [0.15, 0.2) is 66.7 Å². The molecule has 0 N–H and O–H groups in total. The van der Waals surface area contributed by atoms with Gasteiger partial charge < -0.3 is 14.4 Å². The highest BCUT2D eigenvalue weighted by Gasteiger charge is 2.37. The van der Waals surface area contributed by atoms with Crippen LogP contribution in [0.25, 0.3) is 10.8 Å². The Hall–Kier alpha value is -3.34. The standard InChI is InChI=1S/C23H21NO4/c1-2-27-21-10-6-5-9-20(21)24-15-18(14-22(24)25)23(26)28-19-12-11-16-7-3-4-8-17(16)13-19/h3-13,18H,2,14-15H2,1H3/t18-/m0/s1. The first-order valence-corrected chi connectivity index (χ1v) is 9.38. The lowest BCUT2D eigenvalue weighted by molar-refractivity contribution is -0.139. The van der Waals surface area contributed by atoms with Crippen molar-refractivity contribution in [1.82, 2.24) is 0 Å². The molecule has 0 bridgehead atoms. The molecule has 28 heavy (non-hydrogen) atoms. The monoisotopic (exact) mass is 375 g/mol. The highest BCUT2D eigenvalue weighted by atomic mass is 16.5. The summed E-state index contributed by atoms with van der Waals surface area (Å²) in [6, 6.07) is 20.8. The molecule has 1 saturated heterocycles. The summed E-state index contributed by atoms with van der Waals surface area (Å²) in [6.45, 7) is 2.69. The number of hydrogen-bond acceptors (Lipinski definition) is 4. The van der Waals surface area contributed by atoms with Crippen LogP contribution in [0.1, 0.15) is 13.3 Å². The number of hydrogen-bond donors (Lipinski definition) is 0. The molecule has 0 aromatic heterocycles. The molecule has 4 rings (SSSR count). The molecule has 1 aliphatic heterocycles. The third-order valence-electron chi connectivity index (χ3n) is 4.85. The fraction of sp³-hybridized carbons (Fsp3) is 0.217. The van der Waals surface area contributed by atoms with E-state index in [0.29, 0.717) is 23.8 Å². The molecule has 0 unspecified atom stereocenters. The zero-order valence-corrected chi connectivity index (χ0v) is 15.6. The molecule has 1 heterocycles. The second kappa shape index (κ2) is 7.72. The molecule has 0 saturated carbocycles. The Morgan fingerprint density at radius 3 is 2.61 bits per heavy atom. The third-order valence-corrected chi connectivity index (χ3v) is 4.85. The van der Waals surface area contributed by atoms with Crippen LogP contribution < -0.4 is 14.4 Å². The van der Waals surface area contributed by atoms with Gasteiger partial charge in [-0.2, -0.15) is 0 Å². The number of benzene rings is 3. The van der Waals surface area contributed by atoms with Gasteiger partial charge in [0.1, 0.15) is 11.5 Å². The molecular weight excluding hydrogens is 354 g/mol. The maximum absolute atomic E-state index is 12.7. The van der Waals surface area contributed by atoms with E-state index >= 15 is 0 Å². The lowest BCUT2D eigenvalue weighted by Crippen LogP contribution is -2.27. The normalized spacial score (nSPS) is 16.4. The van der Waals surface area contributed by atoms with Crippen molar-refractivity contribution < 1.29 is 19.1 Å². The summed E-state index contributed by atoms with van der Waals surface area (Å²) in [5.41, 5.74) is 0.690. The third kappa shape index (κ3) is 3.56. The molecular formula is C23H21NO4. The van der Waals surface area contributed by atoms with Gasteiger partial charge in [-0.05, 0) is 42.0 Å². The van der Waals surface area contributed by atoms with E-state index < -0.39 is 5.92 Å². The van der Waals surface area contributed by atoms with Gasteiger partial charge in [0.15, 0.2) is 0 Å². The van der Waals surface area contributed by atoms with Crippen molar-refractivity contribution in [1.29, 1.82) is 0 Å². The molecule has 0 spiro atoms. The van der Waals surface area contributed by atoms with E-state index in [9.17, 15) is 9.59 Å². The lowest BCUT2D eigenvalue weighted by Gasteiger charge is -2.20. The molecule has 1 fully saturated rings. The summed E-state index contributed by atoms with van der Waals surface area (Å²) in [7, 11) is 0. The highest BCUT2D eigenvalue weighted by Crippen LogP contribution is 2.33. The molecule has 5 heteroatoms. The van der Waals surface area contributed by atoms with Crippen LogP contribution in [0.4, 0.5) is 5.69 Å². The number of carbonyl (C=O) groups is 2. The van der Waals surface area contributed by atoms with Crippen LogP contribution in [0.2, 0.25) is 0 Å². The zero-order valence-electron chi connectivity index (χ0n) is 15.6. The van der Waals surface area contributed by atoms with Crippen molar-refractivity contribution >= 4 is 28.3 Å². The predicted octanol–water partition coefficient (Wildman–Crippen LogP) is 4.20. The Morgan fingerprint density at radius 2 is 1.79 bits per heavy atom.